The molecule has 0 aliphatic rings. The Labute approximate surface area is 201 Å². The van der Waals surface area contributed by atoms with Crippen LogP contribution in [0.3, 0.4) is 0 Å². The summed E-state index contributed by atoms with van der Waals surface area (Å²) in [7, 11) is -3.98. The van der Waals surface area contributed by atoms with Crippen molar-refractivity contribution >= 4 is 33.2 Å². The summed E-state index contributed by atoms with van der Waals surface area (Å²) in [6.07, 6.45) is 1.76. The molecule has 0 aliphatic heterocycles. The van der Waals surface area contributed by atoms with Crippen LogP contribution in [0.5, 0.6) is 0 Å². The lowest BCUT2D eigenvalue weighted by Crippen LogP contribution is -2.40. The van der Waals surface area contributed by atoms with Crippen molar-refractivity contribution in [2.45, 2.75) is 45.1 Å². The quantitative estimate of drug-likeness (QED) is 0.449. The van der Waals surface area contributed by atoms with Crippen molar-refractivity contribution in [2.75, 3.05) is 10.8 Å². The molecular weight excluding hydrogens is 456 g/mol. The summed E-state index contributed by atoms with van der Waals surface area (Å²) < 4.78 is 28.0. The lowest BCUT2D eigenvalue weighted by atomic mass is 10.0. The third-order valence-electron chi connectivity index (χ3n) is 5.51. The molecule has 3 rings (SSSR count). The van der Waals surface area contributed by atoms with E-state index in [4.69, 9.17) is 11.6 Å². The number of benzene rings is 3. The van der Waals surface area contributed by atoms with E-state index in [-0.39, 0.29) is 17.3 Å². The molecule has 0 spiro atoms. The Morgan fingerprint density at radius 1 is 0.939 bits per heavy atom. The van der Waals surface area contributed by atoms with Gasteiger partial charge < -0.3 is 5.32 Å². The van der Waals surface area contributed by atoms with Crippen LogP contribution >= 0.6 is 11.6 Å². The average Bonchev–Trinajstić information content (AvgIpc) is 2.81. The number of nitrogens with zero attached hydrogens (tertiary/aromatic N) is 1. The normalized spacial score (nSPS) is 11.3. The predicted octanol–water partition coefficient (Wildman–Crippen LogP) is 5.28. The standard InChI is InChI=1S/C26H29ClN2O3S/c1-4-20-9-10-21(5-2)22(16-20)17-28-26(30)18-29(24-8-6-7-19(3)15-24)33(31,32)25-13-11-23(27)12-14-25/h6-16H,4-5,17-18H2,1-3H3,(H,28,30). The second kappa shape index (κ2) is 10.9. The molecule has 7 heteroatoms. The summed E-state index contributed by atoms with van der Waals surface area (Å²) in [6.45, 7) is 6.06. The van der Waals surface area contributed by atoms with Gasteiger partial charge in [0.1, 0.15) is 6.54 Å². The van der Waals surface area contributed by atoms with Crippen LogP contribution < -0.4 is 9.62 Å². The molecule has 33 heavy (non-hydrogen) atoms. The van der Waals surface area contributed by atoms with E-state index >= 15 is 0 Å². The molecule has 1 N–H and O–H groups in total. The SMILES string of the molecule is CCc1ccc(CC)c(CNC(=O)CN(c2cccc(C)c2)S(=O)(=O)c2ccc(Cl)cc2)c1. The van der Waals surface area contributed by atoms with Gasteiger partial charge in [-0.15, -0.1) is 0 Å². The first-order valence-electron chi connectivity index (χ1n) is 11.0. The van der Waals surface area contributed by atoms with Gasteiger partial charge in [-0.05, 0) is 78.4 Å². The summed E-state index contributed by atoms with van der Waals surface area (Å²) in [5.74, 6) is -0.377. The van der Waals surface area contributed by atoms with Gasteiger partial charge in [0.05, 0.1) is 10.6 Å². The topological polar surface area (TPSA) is 66.5 Å². The molecule has 0 saturated carbocycles. The molecule has 1 amide bonds. The predicted molar refractivity (Wildman–Crippen MR) is 134 cm³/mol. The summed E-state index contributed by atoms with van der Waals surface area (Å²) in [6, 6.07) is 19.3. The van der Waals surface area contributed by atoms with Gasteiger partial charge in [0.25, 0.3) is 10.0 Å². The number of anilines is 1. The number of carbonyl (C=O) groups excluding carboxylic acids is 1. The zero-order valence-corrected chi connectivity index (χ0v) is 20.7. The van der Waals surface area contributed by atoms with Crippen LogP contribution in [0.15, 0.2) is 71.6 Å². The average molecular weight is 485 g/mol. The molecule has 0 bridgehead atoms. The fraction of sp³-hybridized carbons (Fsp3) is 0.269. The van der Waals surface area contributed by atoms with Crippen molar-refractivity contribution in [3.63, 3.8) is 0 Å². The Morgan fingerprint density at radius 3 is 2.30 bits per heavy atom. The van der Waals surface area contributed by atoms with Crippen molar-refractivity contribution in [3.8, 4) is 0 Å². The van der Waals surface area contributed by atoms with Gasteiger partial charge in [0, 0.05) is 11.6 Å². The summed E-state index contributed by atoms with van der Waals surface area (Å²) in [5.41, 5.74) is 4.74. The zero-order valence-electron chi connectivity index (χ0n) is 19.1. The largest absolute Gasteiger partial charge is 0.350 e. The highest BCUT2D eigenvalue weighted by Gasteiger charge is 2.27. The van der Waals surface area contributed by atoms with Crippen molar-refractivity contribution in [1.82, 2.24) is 5.32 Å². The first-order chi connectivity index (χ1) is 15.7. The van der Waals surface area contributed by atoms with Gasteiger partial charge in [0.15, 0.2) is 0 Å². The Balaban J connectivity index is 1.86. The van der Waals surface area contributed by atoms with E-state index in [2.05, 4.69) is 37.4 Å². The van der Waals surface area contributed by atoms with Crippen LogP contribution in [0.4, 0.5) is 5.69 Å². The highest BCUT2D eigenvalue weighted by Crippen LogP contribution is 2.25. The number of carbonyl (C=O) groups is 1. The third-order valence-corrected chi connectivity index (χ3v) is 7.55. The van der Waals surface area contributed by atoms with Gasteiger partial charge in [0.2, 0.25) is 5.91 Å². The van der Waals surface area contributed by atoms with Gasteiger partial charge in [-0.3, -0.25) is 9.10 Å². The summed E-state index contributed by atoms with van der Waals surface area (Å²) in [4.78, 5) is 13.0. The lowest BCUT2D eigenvalue weighted by Gasteiger charge is -2.24. The van der Waals surface area contributed by atoms with E-state index in [0.717, 1.165) is 33.8 Å². The number of nitrogens with one attached hydrogen (secondary N) is 1. The molecule has 0 radical (unpaired) electrons. The maximum absolute atomic E-state index is 13.5. The molecule has 3 aromatic rings. The first-order valence-corrected chi connectivity index (χ1v) is 12.8. The van der Waals surface area contributed by atoms with E-state index in [1.807, 2.05) is 13.0 Å². The smallest absolute Gasteiger partial charge is 0.264 e. The molecule has 0 atom stereocenters. The Morgan fingerprint density at radius 2 is 1.67 bits per heavy atom. The second-order valence-electron chi connectivity index (χ2n) is 7.89. The lowest BCUT2D eigenvalue weighted by molar-refractivity contribution is -0.119. The Bertz CT molecular complexity index is 1220. The fourth-order valence-electron chi connectivity index (χ4n) is 3.62. The summed E-state index contributed by atoms with van der Waals surface area (Å²) >= 11 is 5.94. The van der Waals surface area contributed by atoms with Crippen LogP contribution in [0.1, 0.15) is 36.1 Å². The van der Waals surface area contributed by atoms with Crippen molar-refractivity contribution in [1.29, 1.82) is 0 Å². The molecule has 0 saturated heterocycles. The van der Waals surface area contributed by atoms with Gasteiger partial charge >= 0.3 is 0 Å². The number of sulfonamides is 1. The summed E-state index contributed by atoms with van der Waals surface area (Å²) in [5, 5.41) is 3.35. The van der Waals surface area contributed by atoms with E-state index < -0.39 is 10.0 Å². The zero-order chi connectivity index (χ0) is 24.0. The van der Waals surface area contributed by atoms with Crippen LogP contribution in [-0.4, -0.2) is 20.9 Å². The van der Waals surface area contributed by atoms with Crippen LogP contribution in [-0.2, 0) is 34.2 Å². The maximum Gasteiger partial charge on any atom is 0.264 e. The van der Waals surface area contributed by atoms with E-state index in [9.17, 15) is 13.2 Å². The minimum atomic E-state index is -3.98. The van der Waals surface area contributed by atoms with E-state index in [1.54, 1.807) is 18.2 Å². The molecule has 174 valence electrons. The van der Waals surface area contributed by atoms with E-state index in [0.29, 0.717) is 17.3 Å². The van der Waals surface area contributed by atoms with Gasteiger partial charge in [-0.2, -0.15) is 0 Å². The first kappa shape index (κ1) is 24.8. The van der Waals surface area contributed by atoms with Crippen LogP contribution in [0.2, 0.25) is 5.02 Å². The molecule has 5 nitrogen and oxygen atoms in total. The molecule has 0 unspecified atom stereocenters. The second-order valence-corrected chi connectivity index (χ2v) is 10.2. The highest BCUT2D eigenvalue weighted by molar-refractivity contribution is 7.92. The monoisotopic (exact) mass is 484 g/mol. The number of aryl methyl sites for hydroxylation is 3. The van der Waals surface area contributed by atoms with Gasteiger partial charge in [-0.25, -0.2) is 8.42 Å². The molecule has 0 aromatic heterocycles. The van der Waals surface area contributed by atoms with Crippen LogP contribution in [0.25, 0.3) is 0 Å². The molecule has 0 aliphatic carbocycles. The molecule has 0 fully saturated rings. The Kier molecular flexibility index (Phi) is 8.16. The maximum atomic E-state index is 13.5. The minimum Gasteiger partial charge on any atom is -0.350 e. The minimum absolute atomic E-state index is 0.0742. The number of hydrogen-bond acceptors (Lipinski definition) is 3. The van der Waals surface area contributed by atoms with Crippen LogP contribution in [0, 0.1) is 6.92 Å². The molecule has 3 aromatic carbocycles. The van der Waals surface area contributed by atoms with Gasteiger partial charge in [-0.1, -0.05) is 55.8 Å². The molecule has 0 heterocycles. The number of halogens is 1. The number of amides is 1. The van der Waals surface area contributed by atoms with Crippen molar-refractivity contribution in [2.24, 2.45) is 0 Å². The number of rotatable bonds is 9. The Hall–Kier alpha value is -2.83. The third kappa shape index (κ3) is 6.15. The molecular formula is C26H29ClN2O3S. The fourth-order valence-corrected chi connectivity index (χ4v) is 5.16. The van der Waals surface area contributed by atoms with Crippen molar-refractivity contribution in [3.05, 3.63) is 94.0 Å². The number of hydrogen-bond donors (Lipinski definition) is 1. The van der Waals surface area contributed by atoms with E-state index in [1.165, 1.54) is 29.8 Å². The van der Waals surface area contributed by atoms with Crippen molar-refractivity contribution < 1.29 is 13.2 Å². The highest BCUT2D eigenvalue weighted by atomic mass is 35.5.